The third kappa shape index (κ3) is 4.64. The minimum absolute atomic E-state index is 0.0664. The van der Waals surface area contributed by atoms with Crippen molar-refractivity contribution in [1.29, 1.82) is 0 Å². The number of amides is 1. The second-order valence-corrected chi connectivity index (χ2v) is 7.19. The number of methoxy groups -OCH3 is 1. The smallest absolute Gasteiger partial charge is 0.230 e. The summed E-state index contributed by atoms with van der Waals surface area (Å²) in [4.78, 5) is 16.6. The lowest BCUT2D eigenvalue weighted by Gasteiger charge is -2.12. The van der Waals surface area contributed by atoms with Crippen LogP contribution in [-0.4, -0.2) is 28.3 Å². The Morgan fingerprint density at radius 3 is 2.89 bits per heavy atom. The number of thioether (sulfide) groups is 1. The van der Waals surface area contributed by atoms with Gasteiger partial charge in [-0.25, -0.2) is 4.98 Å². The molecular weight excluding hydrogens is 382 g/mol. The summed E-state index contributed by atoms with van der Waals surface area (Å²) in [6, 6.07) is 13.4. The Kier molecular flexibility index (Phi) is 6.42. The second-order valence-electron chi connectivity index (χ2n) is 5.84. The van der Waals surface area contributed by atoms with Gasteiger partial charge in [-0.15, -0.1) is 0 Å². The van der Waals surface area contributed by atoms with E-state index >= 15 is 0 Å². The molecule has 1 aromatic heterocycles. The zero-order valence-corrected chi connectivity index (χ0v) is 16.7. The number of para-hydroxylation sites is 1. The van der Waals surface area contributed by atoms with Gasteiger partial charge < -0.3 is 10.1 Å². The predicted molar refractivity (Wildman–Crippen MR) is 109 cm³/mol. The molecule has 0 atom stereocenters. The van der Waals surface area contributed by atoms with Crippen LogP contribution < -0.4 is 10.1 Å². The Bertz CT molecular complexity index is 942. The molecule has 1 heterocycles. The Morgan fingerprint density at radius 2 is 2.07 bits per heavy atom. The number of ether oxygens (including phenoxy) is 1. The molecule has 0 aliphatic rings. The van der Waals surface area contributed by atoms with Crippen LogP contribution in [0.25, 0.3) is 5.69 Å². The molecule has 0 unspecified atom stereocenters. The molecule has 1 amide bonds. The van der Waals surface area contributed by atoms with Gasteiger partial charge in [0.1, 0.15) is 5.75 Å². The lowest BCUT2D eigenvalue weighted by Crippen LogP contribution is -2.25. The van der Waals surface area contributed by atoms with Crippen LogP contribution in [0.15, 0.2) is 60.0 Å². The Morgan fingerprint density at radius 1 is 1.26 bits per heavy atom. The average Bonchev–Trinajstić information content (AvgIpc) is 3.15. The summed E-state index contributed by atoms with van der Waals surface area (Å²) >= 11 is 7.60. The number of rotatable bonds is 7. The van der Waals surface area contributed by atoms with Gasteiger partial charge in [0.15, 0.2) is 5.16 Å². The van der Waals surface area contributed by atoms with Crippen LogP contribution in [0.3, 0.4) is 0 Å². The van der Waals surface area contributed by atoms with Gasteiger partial charge in [-0.1, -0.05) is 47.6 Å². The van der Waals surface area contributed by atoms with Crippen molar-refractivity contribution in [3.8, 4) is 11.4 Å². The zero-order valence-electron chi connectivity index (χ0n) is 15.1. The van der Waals surface area contributed by atoms with Crippen LogP contribution in [0.5, 0.6) is 5.75 Å². The monoisotopic (exact) mass is 401 g/mol. The summed E-state index contributed by atoms with van der Waals surface area (Å²) in [5, 5.41) is 4.36. The van der Waals surface area contributed by atoms with Gasteiger partial charge >= 0.3 is 0 Å². The molecule has 2 aromatic carbocycles. The van der Waals surface area contributed by atoms with Crippen molar-refractivity contribution in [2.24, 2.45) is 0 Å². The predicted octanol–water partition coefficient (Wildman–Crippen LogP) is 4.25. The first-order chi connectivity index (χ1) is 13.1. The van der Waals surface area contributed by atoms with E-state index in [1.54, 1.807) is 13.3 Å². The number of benzene rings is 2. The first-order valence-electron chi connectivity index (χ1n) is 8.40. The van der Waals surface area contributed by atoms with Crippen molar-refractivity contribution in [3.63, 3.8) is 0 Å². The van der Waals surface area contributed by atoms with Gasteiger partial charge in [-0.2, -0.15) is 0 Å². The summed E-state index contributed by atoms with van der Waals surface area (Å²) in [5.41, 5.74) is 2.87. The fourth-order valence-corrected chi connectivity index (χ4v) is 3.63. The van der Waals surface area contributed by atoms with E-state index in [0.717, 1.165) is 27.7 Å². The fraction of sp³-hybridized carbons (Fsp3) is 0.200. The average molecular weight is 402 g/mol. The van der Waals surface area contributed by atoms with Gasteiger partial charge in [0.2, 0.25) is 5.91 Å². The molecule has 140 valence electrons. The highest BCUT2D eigenvalue weighted by Crippen LogP contribution is 2.26. The Balaban J connectivity index is 1.62. The van der Waals surface area contributed by atoms with E-state index in [1.807, 2.05) is 60.2 Å². The lowest BCUT2D eigenvalue weighted by molar-refractivity contribution is -0.118. The number of nitrogens with one attached hydrogen (secondary N) is 1. The standard InChI is InChI=1S/C20H20ClN3O2S/c1-14-16(21)7-5-8-17(14)24-11-10-22-20(24)27-13-19(25)23-12-15-6-3-4-9-18(15)26-2/h3-11H,12-13H2,1-2H3,(H,23,25). The summed E-state index contributed by atoms with van der Waals surface area (Å²) < 4.78 is 7.25. The molecule has 0 saturated carbocycles. The van der Waals surface area contributed by atoms with Crippen molar-refractivity contribution in [2.45, 2.75) is 18.6 Å². The lowest BCUT2D eigenvalue weighted by atomic mass is 10.2. The summed E-state index contributed by atoms with van der Waals surface area (Å²) in [5.74, 6) is 0.965. The van der Waals surface area contributed by atoms with E-state index in [2.05, 4.69) is 10.3 Å². The first-order valence-corrected chi connectivity index (χ1v) is 9.76. The van der Waals surface area contributed by atoms with Crippen molar-refractivity contribution in [1.82, 2.24) is 14.9 Å². The van der Waals surface area contributed by atoms with Crippen LogP contribution in [0.4, 0.5) is 0 Å². The topological polar surface area (TPSA) is 56.1 Å². The molecule has 27 heavy (non-hydrogen) atoms. The second kappa shape index (κ2) is 8.97. The summed E-state index contributed by atoms with van der Waals surface area (Å²) in [6.07, 6.45) is 3.59. The molecule has 3 aromatic rings. The number of imidazole rings is 1. The van der Waals surface area contributed by atoms with Crippen LogP contribution in [0.1, 0.15) is 11.1 Å². The highest BCUT2D eigenvalue weighted by molar-refractivity contribution is 7.99. The molecule has 0 aliphatic heterocycles. The van der Waals surface area contributed by atoms with Crippen molar-refractivity contribution in [3.05, 3.63) is 71.0 Å². The first kappa shape index (κ1) is 19.3. The molecule has 0 spiro atoms. The van der Waals surface area contributed by atoms with E-state index in [-0.39, 0.29) is 11.7 Å². The Hall–Kier alpha value is -2.44. The van der Waals surface area contributed by atoms with E-state index in [9.17, 15) is 4.79 Å². The van der Waals surface area contributed by atoms with Crippen LogP contribution >= 0.6 is 23.4 Å². The van der Waals surface area contributed by atoms with E-state index in [4.69, 9.17) is 16.3 Å². The number of hydrogen-bond donors (Lipinski definition) is 1. The normalized spacial score (nSPS) is 10.6. The summed E-state index contributed by atoms with van der Waals surface area (Å²) in [6.45, 7) is 2.39. The minimum atomic E-state index is -0.0664. The molecule has 3 rings (SSSR count). The van der Waals surface area contributed by atoms with E-state index in [0.29, 0.717) is 11.6 Å². The van der Waals surface area contributed by atoms with Gasteiger partial charge in [-0.3, -0.25) is 9.36 Å². The molecule has 7 heteroatoms. The van der Waals surface area contributed by atoms with Crippen molar-refractivity contribution >= 4 is 29.3 Å². The Labute approximate surface area is 167 Å². The van der Waals surface area contributed by atoms with Gasteiger partial charge in [0.05, 0.1) is 18.6 Å². The van der Waals surface area contributed by atoms with Gasteiger partial charge in [0.25, 0.3) is 0 Å². The summed E-state index contributed by atoms with van der Waals surface area (Å²) in [7, 11) is 1.62. The van der Waals surface area contributed by atoms with Crippen LogP contribution in [0.2, 0.25) is 5.02 Å². The maximum atomic E-state index is 12.2. The molecule has 0 saturated heterocycles. The maximum absolute atomic E-state index is 12.2. The van der Waals surface area contributed by atoms with E-state index < -0.39 is 0 Å². The third-order valence-electron chi connectivity index (χ3n) is 4.11. The van der Waals surface area contributed by atoms with Crippen LogP contribution in [0, 0.1) is 6.92 Å². The van der Waals surface area contributed by atoms with Crippen LogP contribution in [-0.2, 0) is 11.3 Å². The number of carbonyl (C=O) groups is 1. The fourth-order valence-electron chi connectivity index (χ4n) is 2.66. The molecule has 1 N–H and O–H groups in total. The molecule has 0 fully saturated rings. The third-order valence-corrected chi connectivity index (χ3v) is 5.48. The maximum Gasteiger partial charge on any atom is 0.230 e. The number of halogens is 1. The molecular formula is C20H20ClN3O2S. The SMILES string of the molecule is COc1ccccc1CNC(=O)CSc1nccn1-c1cccc(Cl)c1C. The number of nitrogens with zero attached hydrogens (tertiary/aromatic N) is 2. The highest BCUT2D eigenvalue weighted by Gasteiger charge is 2.12. The highest BCUT2D eigenvalue weighted by atomic mass is 35.5. The zero-order chi connectivity index (χ0) is 19.2. The van der Waals surface area contributed by atoms with Gasteiger partial charge in [-0.05, 0) is 30.7 Å². The van der Waals surface area contributed by atoms with Crippen molar-refractivity contribution < 1.29 is 9.53 Å². The van der Waals surface area contributed by atoms with Gasteiger partial charge in [0, 0.05) is 29.5 Å². The molecule has 0 aliphatic carbocycles. The minimum Gasteiger partial charge on any atom is -0.496 e. The molecule has 5 nitrogen and oxygen atoms in total. The number of hydrogen-bond acceptors (Lipinski definition) is 4. The van der Waals surface area contributed by atoms with E-state index in [1.165, 1.54) is 11.8 Å². The quantitative estimate of drug-likeness (QED) is 0.601. The van der Waals surface area contributed by atoms with Crippen molar-refractivity contribution in [2.75, 3.05) is 12.9 Å². The molecule has 0 bridgehead atoms. The number of carbonyl (C=O) groups excluding carboxylic acids is 1. The number of aromatic nitrogens is 2. The molecule has 0 radical (unpaired) electrons. The largest absolute Gasteiger partial charge is 0.496 e.